The lowest BCUT2D eigenvalue weighted by Crippen LogP contribution is -2.19. The standard InChI is InChI=1S/C22H27N3O5S3/c1-3-30-13-12-25-19-11-10-18(33(23,27)28)15-20(19)32-22(25)24-21(26)5-4-14-31-17-8-6-16(29-2)7-9-17/h6-11,15H,3-5,12-14H2,1-2H3,(H2,23,27,28). The summed E-state index contributed by atoms with van der Waals surface area (Å²) < 4.78 is 36.6. The maximum Gasteiger partial charge on any atom is 0.248 e. The molecule has 0 radical (unpaired) electrons. The number of aromatic nitrogens is 1. The van der Waals surface area contributed by atoms with E-state index in [-0.39, 0.29) is 10.8 Å². The third-order valence-electron chi connectivity index (χ3n) is 4.73. The van der Waals surface area contributed by atoms with Gasteiger partial charge >= 0.3 is 0 Å². The summed E-state index contributed by atoms with van der Waals surface area (Å²) in [6.45, 7) is 3.45. The monoisotopic (exact) mass is 509 g/mol. The molecule has 3 aromatic rings. The number of nitrogens with two attached hydrogens (primary N) is 1. The van der Waals surface area contributed by atoms with Crippen molar-refractivity contribution in [1.82, 2.24) is 4.57 Å². The Bertz CT molecular complexity index is 1260. The van der Waals surface area contributed by atoms with E-state index < -0.39 is 10.0 Å². The molecule has 0 aliphatic rings. The number of hydrogen-bond donors (Lipinski definition) is 1. The van der Waals surface area contributed by atoms with Gasteiger partial charge in [0.2, 0.25) is 15.9 Å². The van der Waals surface area contributed by atoms with Crippen LogP contribution in [0.15, 0.2) is 57.2 Å². The number of thiazole rings is 1. The summed E-state index contributed by atoms with van der Waals surface area (Å²) in [6.07, 6.45) is 1.02. The molecule has 33 heavy (non-hydrogen) atoms. The molecule has 3 rings (SSSR count). The van der Waals surface area contributed by atoms with E-state index in [2.05, 4.69) is 4.99 Å². The fourth-order valence-corrected chi connectivity index (χ4v) is 5.66. The van der Waals surface area contributed by atoms with E-state index in [0.29, 0.717) is 42.1 Å². The molecule has 8 nitrogen and oxygen atoms in total. The van der Waals surface area contributed by atoms with Crippen LogP contribution in [-0.4, -0.2) is 45.0 Å². The minimum Gasteiger partial charge on any atom is -0.497 e. The number of carbonyl (C=O) groups excluding carboxylic acids is 1. The number of carbonyl (C=O) groups is 1. The molecule has 0 unspecified atom stereocenters. The van der Waals surface area contributed by atoms with Crippen LogP contribution in [0.4, 0.5) is 0 Å². The molecular weight excluding hydrogens is 482 g/mol. The zero-order valence-corrected chi connectivity index (χ0v) is 21.0. The number of thioether (sulfide) groups is 1. The summed E-state index contributed by atoms with van der Waals surface area (Å²) in [5.41, 5.74) is 0.786. The van der Waals surface area contributed by atoms with Crippen molar-refractivity contribution in [1.29, 1.82) is 0 Å². The Hall–Kier alpha value is -2.18. The zero-order chi connectivity index (χ0) is 23.8. The number of nitrogens with zero attached hydrogens (tertiary/aromatic N) is 2. The van der Waals surface area contributed by atoms with E-state index in [9.17, 15) is 13.2 Å². The second-order valence-corrected chi connectivity index (χ2v) is 10.8. The quantitative estimate of drug-likeness (QED) is 0.313. The number of methoxy groups -OCH3 is 1. The number of benzene rings is 2. The van der Waals surface area contributed by atoms with Gasteiger partial charge in [0, 0.05) is 24.5 Å². The molecule has 0 spiro atoms. The van der Waals surface area contributed by atoms with Crippen molar-refractivity contribution < 1.29 is 22.7 Å². The predicted molar refractivity (Wildman–Crippen MR) is 131 cm³/mol. The molecule has 0 aliphatic heterocycles. The van der Waals surface area contributed by atoms with E-state index in [1.165, 1.54) is 23.5 Å². The van der Waals surface area contributed by atoms with Crippen LogP contribution in [0.5, 0.6) is 5.75 Å². The van der Waals surface area contributed by atoms with Crippen molar-refractivity contribution in [3.05, 3.63) is 47.3 Å². The highest BCUT2D eigenvalue weighted by molar-refractivity contribution is 7.99. The van der Waals surface area contributed by atoms with Gasteiger partial charge in [-0.3, -0.25) is 4.79 Å². The first-order valence-electron chi connectivity index (χ1n) is 10.4. The van der Waals surface area contributed by atoms with Gasteiger partial charge in [-0.05, 0) is 61.6 Å². The third kappa shape index (κ3) is 7.15. The fraction of sp³-hybridized carbons (Fsp3) is 0.364. The van der Waals surface area contributed by atoms with Crippen molar-refractivity contribution in [2.24, 2.45) is 10.1 Å². The van der Waals surface area contributed by atoms with E-state index in [0.717, 1.165) is 21.9 Å². The maximum atomic E-state index is 12.5. The minimum atomic E-state index is -3.82. The van der Waals surface area contributed by atoms with Gasteiger partial charge in [0.15, 0.2) is 4.80 Å². The number of sulfonamides is 1. The van der Waals surface area contributed by atoms with Crippen molar-refractivity contribution in [3.63, 3.8) is 0 Å². The number of primary sulfonamides is 1. The van der Waals surface area contributed by atoms with Crippen molar-refractivity contribution in [2.75, 3.05) is 26.1 Å². The Morgan fingerprint density at radius 3 is 2.64 bits per heavy atom. The Morgan fingerprint density at radius 2 is 1.97 bits per heavy atom. The third-order valence-corrected chi connectivity index (χ3v) is 7.78. The number of hydrogen-bond acceptors (Lipinski definition) is 7. The molecule has 1 heterocycles. The summed E-state index contributed by atoms with van der Waals surface area (Å²) >= 11 is 2.94. The molecule has 0 bridgehead atoms. The average Bonchev–Trinajstić information content (AvgIpc) is 3.13. The largest absolute Gasteiger partial charge is 0.497 e. The molecule has 1 amide bonds. The van der Waals surface area contributed by atoms with Crippen LogP contribution in [0.25, 0.3) is 10.2 Å². The number of ether oxygens (including phenoxy) is 2. The van der Waals surface area contributed by atoms with Gasteiger partial charge in [0.25, 0.3) is 0 Å². The van der Waals surface area contributed by atoms with E-state index in [4.69, 9.17) is 14.6 Å². The van der Waals surface area contributed by atoms with Crippen LogP contribution in [-0.2, 0) is 26.1 Å². The molecule has 1 aromatic heterocycles. The Kier molecular flexibility index (Phi) is 9.10. The summed E-state index contributed by atoms with van der Waals surface area (Å²) in [5.74, 6) is 1.39. The van der Waals surface area contributed by atoms with E-state index in [1.54, 1.807) is 24.9 Å². The molecule has 0 saturated heterocycles. The molecule has 0 atom stereocenters. The normalized spacial score (nSPS) is 12.4. The molecular formula is C22H27N3O5S3. The van der Waals surface area contributed by atoms with Gasteiger partial charge in [-0.15, -0.1) is 11.8 Å². The molecule has 178 valence electrons. The number of rotatable bonds is 11. The lowest BCUT2D eigenvalue weighted by Gasteiger charge is -2.06. The topological polar surface area (TPSA) is 113 Å². The minimum absolute atomic E-state index is 0.0293. The van der Waals surface area contributed by atoms with Crippen LogP contribution in [0.2, 0.25) is 0 Å². The van der Waals surface area contributed by atoms with Crippen LogP contribution < -0.4 is 14.7 Å². The first-order chi connectivity index (χ1) is 15.8. The summed E-state index contributed by atoms with van der Waals surface area (Å²) in [4.78, 5) is 18.5. The van der Waals surface area contributed by atoms with Gasteiger partial charge in [0.05, 0.1) is 28.8 Å². The van der Waals surface area contributed by atoms with Crippen molar-refractivity contribution in [2.45, 2.75) is 36.1 Å². The summed E-state index contributed by atoms with van der Waals surface area (Å²) in [6, 6.07) is 12.5. The van der Waals surface area contributed by atoms with Crippen molar-refractivity contribution in [3.8, 4) is 5.75 Å². The predicted octanol–water partition coefficient (Wildman–Crippen LogP) is 3.40. The maximum absolute atomic E-state index is 12.5. The summed E-state index contributed by atoms with van der Waals surface area (Å²) in [7, 11) is -2.19. The number of amides is 1. The van der Waals surface area contributed by atoms with Gasteiger partial charge in [0.1, 0.15) is 5.75 Å². The van der Waals surface area contributed by atoms with Gasteiger partial charge in [-0.2, -0.15) is 4.99 Å². The smallest absolute Gasteiger partial charge is 0.248 e. The number of fused-ring (bicyclic) bond motifs is 1. The first kappa shape index (κ1) is 25.4. The Morgan fingerprint density at radius 1 is 1.21 bits per heavy atom. The molecule has 0 fully saturated rings. The molecule has 2 aromatic carbocycles. The van der Waals surface area contributed by atoms with E-state index in [1.807, 2.05) is 35.8 Å². The molecule has 11 heteroatoms. The van der Waals surface area contributed by atoms with Gasteiger partial charge < -0.3 is 14.0 Å². The van der Waals surface area contributed by atoms with Gasteiger partial charge in [-0.1, -0.05) is 11.3 Å². The van der Waals surface area contributed by atoms with Gasteiger partial charge in [-0.25, -0.2) is 13.6 Å². The SMILES string of the molecule is CCOCCn1c(=NC(=O)CCCSc2ccc(OC)cc2)sc2cc(S(N)(=O)=O)ccc21. The lowest BCUT2D eigenvalue weighted by molar-refractivity contribution is -0.118. The van der Waals surface area contributed by atoms with Crippen LogP contribution in [0.1, 0.15) is 19.8 Å². The highest BCUT2D eigenvalue weighted by Gasteiger charge is 2.13. The molecule has 0 saturated carbocycles. The highest BCUT2D eigenvalue weighted by atomic mass is 32.2. The first-order valence-corrected chi connectivity index (χ1v) is 13.7. The van der Waals surface area contributed by atoms with E-state index >= 15 is 0 Å². The Balaban J connectivity index is 1.72. The van der Waals surface area contributed by atoms with Crippen LogP contribution in [0.3, 0.4) is 0 Å². The Labute approximate surface area is 201 Å². The second-order valence-electron chi connectivity index (χ2n) is 7.04. The highest BCUT2D eigenvalue weighted by Crippen LogP contribution is 2.23. The zero-order valence-electron chi connectivity index (χ0n) is 18.5. The second kappa shape index (κ2) is 11.8. The molecule has 0 aliphatic carbocycles. The lowest BCUT2D eigenvalue weighted by atomic mass is 10.3. The molecule has 2 N–H and O–H groups in total. The van der Waals surface area contributed by atoms with Crippen LogP contribution in [0, 0.1) is 0 Å². The summed E-state index contributed by atoms with van der Waals surface area (Å²) in [5, 5.41) is 5.26. The van der Waals surface area contributed by atoms with Crippen LogP contribution >= 0.6 is 23.1 Å². The van der Waals surface area contributed by atoms with Crippen molar-refractivity contribution >= 4 is 49.2 Å². The average molecular weight is 510 g/mol. The fourth-order valence-electron chi connectivity index (χ4n) is 3.08.